The van der Waals surface area contributed by atoms with E-state index in [9.17, 15) is 19.7 Å². The van der Waals surface area contributed by atoms with Crippen molar-refractivity contribution in [2.24, 2.45) is 5.92 Å². The Kier molecular flexibility index (Phi) is 5.96. The van der Waals surface area contributed by atoms with Gasteiger partial charge in [-0.2, -0.15) is 0 Å². The lowest BCUT2D eigenvalue weighted by molar-refractivity contribution is -0.384. The van der Waals surface area contributed by atoms with E-state index in [-0.39, 0.29) is 29.3 Å². The second-order valence-corrected chi connectivity index (χ2v) is 9.82. The number of halogens is 1. The molecular weight excluding hydrogens is 488 g/mol. The Bertz CT molecular complexity index is 1480. The molecule has 0 saturated heterocycles. The lowest BCUT2D eigenvalue weighted by Crippen LogP contribution is -2.14. The highest BCUT2D eigenvalue weighted by molar-refractivity contribution is 7.22. The first-order chi connectivity index (χ1) is 16.8. The maximum absolute atomic E-state index is 12.8. The summed E-state index contributed by atoms with van der Waals surface area (Å²) in [7, 11) is 0. The number of para-hydroxylation sites is 1. The van der Waals surface area contributed by atoms with Crippen molar-refractivity contribution in [1.82, 2.24) is 4.98 Å². The van der Waals surface area contributed by atoms with E-state index >= 15 is 0 Å². The van der Waals surface area contributed by atoms with Crippen LogP contribution >= 0.6 is 22.9 Å². The molecule has 1 heterocycles. The molecule has 1 aliphatic carbocycles. The molecule has 2 N–H and O–H groups in total. The van der Waals surface area contributed by atoms with E-state index < -0.39 is 4.92 Å². The van der Waals surface area contributed by atoms with E-state index in [4.69, 9.17) is 11.6 Å². The van der Waals surface area contributed by atoms with Gasteiger partial charge in [0.15, 0.2) is 5.13 Å². The molecule has 2 atom stereocenters. The second-order valence-electron chi connectivity index (χ2n) is 8.38. The number of thiazole rings is 1. The number of fused-ring (bicyclic) bond motifs is 1. The first-order valence-electron chi connectivity index (χ1n) is 10.8. The van der Waals surface area contributed by atoms with Gasteiger partial charge in [0, 0.05) is 23.6 Å². The highest BCUT2D eigenvalue weighted by Crippen LogP contribution is 2.48. The molecule has 8 nitrogen and oxygen atoms in total. The second kappa shape index (κ2) is 9.09. The van der Waals surface area contributed by atoms with Crippen LogP contribution in [0.4, 0.5) is 16.5 Å². The predicted octanol–water partition coefficient (Wildman–Crippen LogP) is 6.16. The Morgan fingerprint density at radius 2 is 1.91 bits per heavy atom. The van der Waals surface area contributed by atoms with Gasteiger partial charge in [0.25, 0.3) is 11.6 Å². The number of nitro groups is 1. The summed E-state index contributed by atoms with van der Waals surface area (Å²) in [4.78, 5) is 40.6. The van der Waals surface area contributed by atoms with Crippen LogP contribution in [0.2, 0.25) is 5.02 Å². The number of benzene rings is 3. The molecule has 4 aromatic rings. The number of aromatic nitrogens is 1. The van der Waals surface area contributed by atoms with Crippen LogP contribution in [0.25, 0.3) is 10.2 Å². The van der Waals surface area contributed by atoms with Gasteiger partial charge in [-0.15, -0.1) is 0 Å². The van der Waals surface area contributed by atoms with Crippen LogP contribution in [0.1, 0.15) is 33.8 Å². The third kappa shape index (κ3) is 4.73. The van der Waals surface area contributed by atoms with Gasteiger partial charge in [-0.1, -0.05) is 47.2 Å². The molecule has 3 aromatic carbocycles. The predicted molar refractivity (Wildman–Crippen MR) is 136 cm³/mol. The molecule has 35 heavy (non-hydrogen) atoms. The molecule has 5 rings (SSSR count). The van der Waals surface area contributed by atoms with Crippen molar-refractivity contribution in [1.29, 1.82) is 0 Å². The van der Waals surface area contributed by atoms with Crippen molar-refractivity contribution in [2.75, 3.05) is 10.6 Å². The van der Waals surface area contributed by atoms with Crippen molar-refractivity contribution in [3.8, 4) is 0 Å². The first-order valence-corrected chi connectivity index (χ1v) is 12.0. The van der Waals surface area contributed by atoms with Crippen molar-refractivity contribution >= 4 is 61.5 Å². The minimum Gasteiger partial charge on any atom is -0.320 e. The average Bonchev–Trinajstić information content (AvgIpc) is 3.54. The smallest absolute Gasteiger partial charge is 0.269 e. The summed E-state index contributed by atoms with van der Waals surface area (Å²) >= 11 is 7.50. The van der Waals surface area contributed by atoms with Crippen LogP contribution in [0.3, 0.4) is 0 Å². The van der Waals surface area contributed by atoms with E-state index in [1.165, 1.54) is 23.5 Å². The van der Waals surface area contributed by atoms with E-state index in [1.54, 1.807) is 36.4 Å². The monoisotopic (exact) mass is 506 g/mol. The Balaban J connectivity index is 1.27. The third-order valence-electron chi connectivity index (χ3n) is 5.98. The number of hydrogen-bond acceptors (Lipinski definition) is 6. The molecule has 2 amide bonds. The zero-order valence-electron chi connectivity index (χ0n) is 18.4. The fourth-order valence-corrected chi connectivity index (χ4v) is 5.19. The Morgan fingerprint density at radius 3 is 2.69 bits per heavy atom. The zero-order chi connectivity index (χ0) is 24.7. The molecule has 1 unspecified atom stereocenters. The molecule has 176 valence electrons. The largest absolute Gasteiger partial charge is 0.320 e. The topological polar surface area (TPSA) is 114 Å². The molecule has 1 aromatic heterocycles. The summed E-state index contributed by atoms with van der Waals surface area (Å²) in [6.07, 6.45) is 0.629. The van der Waals surface area contributed by atoms with Gasteiger partial charge >= 0.3 is 0 Å². The molecule has 0 bridgehead atoms. The minimum absolute atomic E-state index is 0.0178. The van der Waals surface area contributed by atoms with Crippen LogP contribution in [-0.4, -0.2) is 21.7 Å². The van der Waals surface area contributed by atoms with E-state index in [2.05, 4.69) is 15.6 Å². The van der Waals surface area contributed by atoms with Crippen molar-refractivity contribution < 1.29 is 14.5 Å². The Hall–Kier alpha value is -3.82. The van der Waals surface area contributed by atoms with Gasteiger partial charge < -0.3 is 10.6 Å². The number of carbonyl (C=O) groups is 2. The Morgan fingerprint density at radius 1 is 1.11 bits per heavy atom. The summed E-state index contributed by atoms with van der Waals surface area (Å²) in [6, 6.07) is 16.9. The molecule has 0 spiro atoms. The number of carbonyl (C=O) groups excluding carboxylic acids is 2. The first kappa shape index (κ1) is 22.9. The highest BCUT2D eigenvalue weighted by Gasteiger charge is 2.44. The number of nitrogens with zero attached hydrogens (tertiary/aromatic N) is 2. The zero-order valence-corrected chi connectivity index (χ0v) is 20.0. The summed E-state index contributed by atoms with van der Waals surface area (Å²) < 4.78 is 0.759. The van der Waals surface area contributed by atoms with Crippen molar-refractivity contribution in [2.45, 2.75) is 19.3 Å². The van der Waals surface area contributed by atoms with Crippen LogP contribution in [-0.2, 0) is 4.79 Å². The number of hydrogen-bond donors (Lipinski definition) is 2. The lowest BCUT2D eigenvalue weighted by Gasteiger charge is -2.10. The molecule has 1 aliphatic rings. The van der Waals surface area contributed by atoms with E-state index in [1.807, 2.05) is 19.1 Å². The Labute approximate surface area is 209 Å². The van der Waals surface area contributed by atoms with Crippen molar-refractivity contribution in [3.63, 3.8) is 0 Å². The molecule has 0 radical (unpaired) electrons. The number of non-ortho nitro benzene ring substituents is 1. The van der Waals surface area contributed by atoms with Gasteiger partial charge in [0.05, 0.1) is 25.8 Å². The number of rotatable bonds is 6. The molecule has 10 heteroatoms. The van der Waals surface area contributed by atoms with Gasteiger partial charge in [-0.3, -0.25) is 19.7 Å². The maximum Gasteiger partial charge on any atom is 0.269 e. The highest BCUT2D eigenvalue weighted by atomic mass is 35.5. The van der Waals surface area contributed by atoms with Crippen LogP contribution in [0.5, 0.6) is 0 Å². The molecule has 0 aliphatic heterocycles. The van der Waals surface area contributed by atoms with Gasteiger partial charge in [-0.05, 0) is 54.7 Å². The quantitative estimate of drug-likeness (QED) is 0.240. The van der Waals surface area contributed by atoms with Gasteiger partial charge in [-0.25, -0.2) is 4.98 Å². The number of anilines is 2. The third-order valence-corrected chi connectivity index (χ3v) is 7.23. The summed E-state index contributed by atoms with van der Waals surface area (Å²) in [5.74, 6) is -0.773. The van der Waals surface area contributed by atoms with Crippen molar-refractivity contribution in [3.05, 3.63) is 92.5 Å². The molecule has 1 fully saturated rings. The van der Waals surface area contributed by atoms with E-state index in [0.29, 0.717) is 33.3 Å². The van der Waals surface area contributed by atoms with Crippen LogP contribution in [0, 0.1) is 23.0 Å². The normalized spacial score (nSPS) is 16.6. The molecule has 1 saturated carbocycles. The summed E-state index contributed by atoms with van der Waals surface area (Å²) in [6.45, 7) is 1.87. The van der Waals surface area contributed by atoms with Crippen LogP contribution < -0.4 is 10.6 Å². The fraction of sp³-hybridized carbons (Fsp3) is 0.160. The van der Waals surface area contributed by atoms with Crippen LogP contribution in [0.15, 0.2) is 60.7 Å². The number of aryl methyl sites for hydroxylation is 1. The SMILES string of the molecule is Cc1cccc(Cl)c1NC(=O)c1ccc2nc(NC(=O)C3C[C@H]3c3cccc([N+](=O)[O-])c3)sc2c1. The average molecular weight is 507 g/mol. The number of nitro benzene ring substituents is 1. The fourth-order valence-electron chi connectivity index (χ4n) is 4.02. The minimum atomic E-state index is -0.438. The standard InChI is InChI=1S/C25H19ClN4O4S/c1-13-4-2-7-19(26)22(13)28-23(31)15-8-9-20-21(11-15)35-25(27-20)29-24(32)18-12-17(18)14-5-3-6-16(10-14)30(33)34/h2-11,17-18H,12H2,1H3,(H,28,31)(H,27,29,32)/t17-,18?/m0/s1. The number of amides is 2. The number of nitrogens with one attached hydrogen (secondary N) is 2. The molecular formula is C25H19ClN4O4S. The van der Waals surface area contributed by atoms with Gasteiger partial charge in [0.1, 0.15) is 0 Å². The lowest BCUT2D eigenvalue weighted by atomic mass is 10.1. The van der Waals surface area contributed by atoms with E-state index in [0.717, 1.165) is 15.8 Å². The van der Waals surface area contributed by atoms with Gasteiger partial charge in [0.2, 0.25) is 5.91 Å². The maximum atomic E-state index is 12.8. The summed E-state index contributed by atoms with van der Waals surface area (Å²) in [5, 5.41) is 17.6. The summed E-state index contributed by atoms with van der Waals surface area (Å²) in [5.41, 5.74) is 3.35.